The number of aliphatic hydroxyl groups excluding tert-OH is 1. The van der Waals surface area contributed by atoms with Gasteiger partial charge in [0.1, 0.15) is 29.5 Å². The Kier molecular flexibility index (Phi) is 15.5. The quantitative estimate of drug-likeness (QED) is 0.0885. The number of likely N-dealkylation sites (tertiary alicyclic amines) is 1. The van der Waals surface area contributed by atoms with Crippen LogP contribution in [0.5, 0.6) is 5.75 Å². The molecule has 3 amide bonds. The number of halogens is 3. The van der Waals surface area contributed by atoms with Crippen molar-refractivity contribution >= 4 is 40.7 Å². The number of pyridine rings is 1. The molecule has 77 heavy (non-hydrogen) atoms. The number of aromatic nitrogens is 6. The van der Waals surface area contributed by atoms with Crippen molar-refractivity contribution in [1.29, 1.82) is 0 Å². The van der Waals surface area contributed by atoms with E-state index in [0.29, 0.717) is 36.0 Å². The van der Waals surface area contributed by atoms with Crippen LogP contribution in [0.3, 0.4) is 0 Å². The molecule has 0 unspecified atom stereocenters. The number of carbonyl (C=O) groups is 4. The topological polar surface area (TPSA) is 193 Å². The first-order valence-electron chi connectivity index (χ1n) is 25.9. The molecule has 21 heteroatoms. The molecule has 3 aliphatic rings. The Morgan fingerprint density at radius 2 is 1.70 bits per heavy atom. The minimum atomic E-state index is -4.75. The highest BCUT2D eigenvalue weighted by Gasteiger charge is 2.46. The molecule has 0 aliphatic carbocycles. The van der Waals surface area contributed by atoms with Crippen LogP contribution in [-0.2, 0) is 40.1 Å². The predicted molar refractivity (Wildman–Crippen MR) is 285 cm³/mol. The van der Waals surface area contributed by atoms with E-state index in [2.05, 4.69) is 30.6 Å². The molecule has 0 bridgehead atoms. The van der Waals surface area contributed by atoms with Crippen LogP contribution in [0.4, 0.5) is 19.0 Å². The van der Waals surface area contributed by atoms with Crippen molar-refractivity contribution in [3.8, 4) is 27.3 Å². The summed E-state index contributed by atoms with van der Waals surface area (Å²) in [6, 6.07) is 12.8. The predicted octanol–water partition coefficient (Wildman–Crippen LogP) is 7.20. The zero-order valence-corrected chi connectivity index (χ0v) is 45.6. The minimum absolute atomic E-state index is 0.00858. The van der Waals surface area contributed by atoms with Gasteiger partial charge in [0, 0.05) is 87.0 Å². The van der Waals surface area contributed by atoms with Crippen molar-refractivity contribution in [3.63, 3.8) is 0 Å². The van der Waals surface area contributed by atoms with Gasteiger partial charge in [0.05, 0.1) is 52.9 Å². The molecule has 17 nitrogen and oxygen atoms in total. The second kappa shape index (κ2) is 21.8. The Morgan fingerprint density at radius 1 is 0.974 bits per heavy atom. The summed E-state index contributed by atoms with van der Waals surface area (Å²) in [6.07, 6.45) is -0.616. The lowest BCUT2D eigenvalue weighted by molar-refractivity contribution is -0.144. The molecule has 0 radical (unpaired) electrons. The van der Waals surface area contributed by atoms with Crippen molar-refractivity contribution in [2.75, 3.05) is 44.7 Å². The van der Waals surface area contributed by atoms with Crippen LogP contribution in [0.25, 0.3) is 21.6 Å². The summed E-state index contributed by atoms with van der Waals surface area (Å²) in [5, 5.41) is 20.6. The van der Waals surface area contributed by atoms with Crippen LogP contribution in [0, 0.1) is 32.1 Å². The number of benzene rings is 2. The van der Waals surface area contributed by atoms with Gasteiger partial charge in [-0.2, -0.15) is 18.3 Å². The highest BCUT2D eigenvalue weighted by atomic mass is 32.1. The average Bonchev–Trinajstić information content (AvgIpc) is 4.28. The lowest BCUT2D eigenvalue weighted by Crippen LogP contribution is -2.62. The molecule has 3 N–H and O–H groups in total. The van der Waals surface area contributed by atoms with E-state index in [4.69, 9.17) is 9.72 Å². The second-order valence-electron chi connectivity index (χ2n) is 21.8. The molecule has 2 aromatic carbocycles. The third-order valence-electron chi connectivity index (χ3n) is 14.9. The monoisotopic (exact) mass is 1080 g/mol. The van der Waals surface area contributed by atoms with Gasteiger partial charge in [0.15, 0.2) is 11.5 Å². The Morgan fingerprint density at radius 3 is 2.35 bits per heavy atom. The van der Waals surface area contributed by atoms with Crippen molar-refractivity contribution < 1.29 is 42.2 Å². The van der Waals surface area contributed by atoms with Gasteiger partial charge in [-0.05, 0) is 93.6 Å². The molecular weight excluding hydrogens is 1010 g/mol. The standard InChI is InChI=1S/C56H66F3N11O6S/c1-10-69-27-44(51(65-69)56(57,58)59)42-19-35(23-67-16-15-60-34(67)5)20-43-48(73)38(29-76-49(42)43)21-39-17-31(2)18-46(63-39)68-24-40(25-68)66(9)28-47(72)64-52(55(6,7)8)54(75)70-26-41(71)22-45(70)53(74)62-32(3)36-11-13-37(14-12-36)50-33(4)61-30-77-50/h11-20,27,30,32,38,40-41,45,52,71H,10,21-26,28-29H2,1-9H3,(H,62,74)(H,64,72)/t32-,38-,41+,45-,52+/m0/s1. The van der Waals surface area contributed by atoms with Crippen LogP contribution in [0.1, 0.15) is 97.0 Å². The number of ether oxygens (including phenoxy) is 1. The number of ketones is 1. The van der Waals surface area contributed by atoms with Crippen LogP contribution < -0.4 is 20.3 Å². The molecule has 2 fully saturated rings. The minimum Gasteiger partial charge on any atom is -0.491 e. The molecule has 2 saturated heterocycles. The number of nitrogens with zero attached hydrogens (tertiary/aromatic N) is 9. The largest absolute Gasteiger partial charge is 0.491 e. The molecule has 5 atom stereocenters. The van der Waals surface area contributed by atoms with Gasteiger partial charge in [-0.1, -0.05) is 45.0 Å². The lowest BCUT2D eigenvalue weighted by atomic mass is 9.85. The van der Waals surface area contributed by atoms with Crippen molar-refractivity contribution in [1.82, 2.24) is 49.7 Å². The number of imidazole rings is 1. The number of Topliss-reactive ketones (excluding diaryl/α,β-unsaturated/α-hetero) is 1. The fourth-order valence-corrected chi connectivity index (χ4v) is 11.3. The molecule has 9 rings (SSSR count). The number of thiazole rings is 1. The summed E-state index contributed by atoms with van der Waals surface area (Å²) < 4.78 is 52.7. The van der Waals surface area contributed by atoms with Crippen LogP contribution in [0.15, 0.2) is 72.6 Å². The number of aryl methyl sites for hydroxylation is 4. The number of nitrogens with one attached hydrogen (secondary N) is 2. The van der Waals surface area contributed by atoms with Gasteiger partial charge in [-0.3, -0.25) is 28.8 Å². The van der Waals surface area contributed by atoms with Gasteiger partial charge in [0.2, 0.25) is 17.7 Å². The summed E-state index contributed by atoms with van der Waals surface area (Å²) in [6.45, 7) is 16.3. The molecule has 0 spiro atoms. The third kappa shape index (κ3) is 11.8. The Balaban J connectivity index is 0.825. The maximum absolute atomic E-state index is 14.5. The molecule has 3 aliphatic heterocycles. The normalized spacial score (nSPS) is 18.7. The van der Waals surface area contributed by atoms with E-state index < -0.39 is 47.3 Å². The average molecular weight is 1080 g/mol. The smallest absolute Gasteiger partial charge is 0.435 e. The molecule has 0 saturated carbocycles. The lowest BCUT2D eigenvalue weighted by Gasteiger charge is -2.45. The summed E-state index contributed by atoms with van der Waals surface area (Å²) in [7, 11) is 1.84. The number of amides is 3. The van der Waals surface area contributed by atoms with Crippen LogP contribution in [-0.4, -0.2) is 132 Å². The number of likely N-dealkylation sites (N-methyl/N-ethyl adjacent to an activating group) is 1. The number of carbonyl (C=O) groups excluding carboxylic acids is 4. The summed E-state index contributed by atoms with van der Waals surface area (Å²) in [4.78, 5) is 76.6. The highest BCUT2D eigenvalue weighted by molar-refractivity contribution is 7.13. The first-order chi connectivity index (χ1) is 36.4. The van der Waals surface area contributed by atoms with E-state index in [-0.39, 0.29) is 97.7 Å². The number of fused-ring (bicyclic) bond motifs is 1. The fraction of sp³-hybridized carbons (Fsp3) is 0.464. The maximum Gasteiger partial charge on any atom is 0.435 e. The van der Waals surface area contributed by atoms with Gasteiger partial charge in [-0.15, -0.1) is 11.3 Å². The molecule has 6 aromatic rings. The molecular formula is C56H66F3N11O6S. The number of rotatable bonds is 16. The van der Waals surface area contributed by atoms with Gasteiger partial charge in [-0.25, -0.2) is 15.0 Å². The summed E-state index contributed by atoms with van der Waals surface area (Å²) >= 11 is 1.56. The first-order valence-corrected chi connectivity index (χ1v) is 26.8. The second-order valence-corrected chi connectivity index (χ2v) is 22.6. The van der Waals surface area contributed by atoms with E-state index in [1.165, 1.54) is 15.8 Å². The van der Waals surface area contributed by atoms with Crippen LogP contribution in [0.2, 0.25) is 0 Å². The maximum atomic E-state index is 14.5. The van der Waals surface area contributed by atoms with Gasteiger partial charge in [0.25, 0.3) is 0 Å². The highest BCUT2D eigenvalue weighted by Crippen LogP contribution is 2.44. The molecule has 408 valence electrons. The van der Waals surface area contributed by atoms with E-state index in [0.717, 1.165) is 27.3 Å². The van der Waals surface area contributed by atoms with Crippen molar-refractivity contribution in [2.45, 2.75) is 118 Å². The van der Waals surface area contributed by atoms with Crippen molar-refractivity contribution in [2.24, 2.45) is 11.3 Å². The fourth-order valence-electron chi connectivity index (χ4n) is 10.4. The Labute approximate surface area is 449 Å². The first kappa shape index (κ1) is 54.8. The van der Waals surface area contributed by atoms with Gasteiger partial charge < -0.3 is 34.8 Å². The number of aliphatic hydroxyl groups is 1. The van der Waals surface area contributed by atoms with Gasteiger partial charge >= 0.3 is 6.18 Å². The number of alkyl halides is 3. The van der Waals surface area contributed by atoms with E-state index in [9.17, 15) is 37.5 Å². The number of hydrogen-bond acceptors (Lipinski definition) is 13. The summed E-state index contributed by atoms with van der Waals surface area (Å²) in [5.74, 6) is -0.632. The summed E-state index contributed by atoms with van der Waals surface area (Å²) in [5.41, 5.74) is 5.23. The van der Waals surface area contributed by atoms with Crippen molar-refractivity contribution in [3.05, 3.63) is 118 Å². The number of β-amino-alcohol motifs (C(OH)–C–C–N with tert-alkyl or cyclic N) is 1. The Bertz CT molecular complexity index is 3180. The molecule has 7 heterocycles. The number of anilines is 1. The third-order valence-corrected chi connectivity index (χ3v) is 15.8. The SMILES string of the molecule is CCn1cc(-c2cc(Cn3ccnc3C)cc3c2OC[C@H](Cc2cc(C)cc(N4CC(N(C)CC(=O)N[C@H](C(=O)N5C[C@H](O)C[C@H]5C(=O)N[C@@H](C)c5ccc(-c6scnc6C)cc5)C(C)(C)C)C4)n2)C3=O)c(C(F)(F)F)n1. The Hall–Kier alpha value is -6.97. The van der Waals surface area contributed by atoms with E-state index >= 15 is 0 Å². The van der Waals surface area contributed by atoms with Crippen LogP contribution >= 0.6 is 11.3 Å². The zero-order valence-electron chi connectivity index (χ0n) is 44.8. The molecule has 4 aromatic heterocycles. The van der Waals surface area contributed by atoms with E-state index in [1.54, 1.807) is 42.8 Å². The number of hydrogen-bond donors (Lipinski definition) is 3. The van der Waals surface area contributed by atoms with E-state index in [1.807, 2.05) is 107 Å². The zero-order chi connectivity index (χ0) is 55.2.